The molecule has 0 saturated heterocycles. The minimum atomic E-state index is -0.192. The molecule has 0 radical (unpaired) electrons. The molecule has 14 heavy (non-hydrogen) atoms. The van der Waals surface area contributed by atoms with Crippen molar-refractivity contribution in [3.63, 3.8) is 0 Å². The maximum absolute atomic E-state index is 9.37. The fourth-order valence-corrected chi connectivity index (χ4v) is 2.26. The van der Waals surface area contributed by atoms with Crippen LogP contribution in [0.2, 0.25) is 0 Å². The molecule has 0 spiro atoms. The second-order valence-corrected chi connectivity index (χ2v) is 4.29. The van der Waals surface area contributed by atoms with E-state index < -0.39 is 0 Å². The van der Waals surface area contributed by atoms with Crippen LogP contribution in [0.1, 0.15) is 52.9 Å². The summed E-state index contributed by atoms with van der Waals surface area (Å²) >= 11 is 0. The molecule has 0 aromatic heterocycles. The summed E-state index contributed by atoms with van der Waals surface area (Å²) in [6.07, 6.45) is 5.00. The third kappa shape index (κ3) is 5.61. The Balaban J connectivity index is 4.00. The van der Waals surface area contributed by atoms with Crippen molar-refractivity contribution in [2.24, 2.45) is 11.8 Å². The van der Waals surface area contributed by atoms with Gasteiger partial charge in [-0.25, -0.2) is 0 Å². The molecule has 0 bridgehead atoms. The predicted molar refractivity (Wildman–Crippen MR) is 60.2 cm³/mol. The lowest BCUT2D eigenvalue weighted by Crippen LogP contribution is -2.19. The average Bonchev–Trinajstić information content (AvgIpc) is 2.16. The molecule has 2 heteroatoms. The van der Waals surface area contributed by atoms with E-state index in [1.54, 1.807) is 0 Å². The van der Waals surface area contributed by atoms with Gasteiger partial charge in [0.05, 0.1) is 6.10 Å². The molecule has 2 N–H and O–H groups in total. The van der Waals surface area contributed by atoms with Gasteiger partial charge in [0.25, 0.3) is 0 Å². The first kappa shape index (κ1) is 13.9. The van der Waals surface area contributed by atoms with Crippen molar-refractivity contribution in [2.75, 3.05) is 6.61 Å². The molecule has 3 unspecified atom stereocenters. The van der Waals surface area contributed by atoms with Gasteiger partial charge in [0.1, 0.15) is 0 Å². The van der Waals surface area contributed by atoms with Crippen LogP contribution in [0.15, 0.2) is 0 Å². The quantitative estimate of drug-likeness (QED) is 0.635. The van der Waals surface area contributed by atoms with E-state index in [4.69, 9.17) is 5.11 Å². The van der Waals surface area contributed by atoms with Gasteiger partial charge in [-0.1, -0.05) is 26.7 Å². The van der Waals surface area contributed by atoms with Crippen molar-refractivity contribution in [1.82, 2.24) is 0 Å². The van der Waals surface area contributed by atoms with E-state index >= 15 is 0 Å². The summed E-state index contributed by atoms with van der Waals surface area (Å²) in [5.41, 5.74) is 0. The summed E-state index contributed by atoms with van der Waals surface area (Å²) in [6, 6.07) is 0. The Morgan fingerprint density at radius 2 is 1.64 bits per heavy atom. The summed E-state index contributed by atoms with van der Waals surface area (Å²) < 4.78 is 0. The molecule has 0 saturated carbocycles. The molecule has 0 aliphatic rings. The molecule has 2 nitrogen and oxygen atoms in total. The first-order chi connectivity index (χ1) is 6.65. The third-order valence-electron chi connectivity index (χ3n) is 3.09. The van der Waals surface area contributed by atoms with Gasteiger partial charge in [0.2, 0.25) is 0 Å². The minimum Gasteiger partial charge on any atom is -0.396 e. The zero-order chi connectivity index (χ0) is 11.0. The number of rotatable bonds is 8. The number of hydrogen-bond donors (Lipinski definition) is 2. The molecule has 0 aliphatic carbocycles. The molecular weight excluding hydrogens is 176 g/mol. The lowest BCUT2D eigenvalue weighted by Gasteiger charge is -2.26. The highest BCUT2D eigenvalue weighted by Crippen LogP contribution is 2.27. The van der Waals surface area contributed by atoms with Gasteiger partial charge >= 0.3 is 0 Å². The van der Waals surface area contributed by atoms with Crippen LogP contribution in [0, 0.1) is 11.8 Å². The normalized spacial score (nSPS) is 17.8. The van der Waals surface area contributed by atoms with Gasteiger partial charge in [0, 0.05) is 6.61 Å². The van der Waals surface area contributed by atoms with Crippen LogP contribution in [-0.4, -0.2) is 22.9 Å². The Bertz CT molecular complexity index is 123. The summed E-state index contributed by atoms with van der Waals surface area (Å²) in [6.45, 7) is 6.55. The summed E-state index contributed by atoms with van der Waals surface area (Å²) in [4.78, 5) is 0. The second kappa shape index (κ2) is 8.25. The molecule has 0 aromatic carbocycles. The zero-order valence-corrected chi connectivity index (χ0v) is 9.87. The Morgan fingerprint density at radius 1 is 1.07 bits per heavy atom. The maximum atomic E-state index is 9.37. The molecule has 0 amide bonds. The van der Waals surface area contributed by atoms with Crippen LogP contribution in [0.3, 0.4) is 0 Å². The van der Waals surface area contributed by atoms with Crippen LogP contribution >= 0.6 is 0 Å². The Labute approximate surface area is 88.3 Å². The molecular formula is C12H26O2. The van der Waals surface area contributed by atoms with Gasteiger partial charge < -0.3 is 10.2 Å². The SMILES string of the molecule is CCC(CCCO)C(CC)CC(C)O. The topological polar surface area (TPSA) is 40.5 Å². The zero-order valence-electron chi connectivity index (χ0n) is 9.87. The first-order valence-electron chi connectivity index (χ1n) is 5.94. The van der Waals surface area contributed by atoms with Gasteiger partial charge in [-0.2, -0.15) is 0 Å². The Kier molecular flexibility index (Phi) is 8.20. The van der Waals surface area contributed by atoms with Crippen LogP contribution in [0.4, 0.5) is 0 Å². The van der Waals surface area contributed by atoms with Crippen molar-refractivity contribution < 1.29 is 10.2 Å². The van der Waals surface area contributed by atoms with E-state index in [1.807, 2.05) is 6.92 Å². The van der Waals surface area contributed by atoms with Crippen LogP contribution in [0.5, 0.6) is 0 Å². The number of hydrogen-bond acceptors (Lipinski definition) is 2. The molecule has 86 valence electrons. The number of aliphatic hydroxyl groups is 2. The fraction of sp³-hybridized carbons (Fsp3) is 1.00. The van der Waals surface area contributed by atoms with Crippen molar-refractivity contribution in [1.29, 1.82) is 0 Å². The summed E-state index contributed by atoms with van der Waals surface area (Å²) in [5, 5.41) is 18.2. The fourth-order valence-electron chi connectivity index (χ4n) is 2.26. The van der Waals surface area contributed by atoms with Gasteiger partial charge in [-0.05, 0) is 38.0 Å². The molecule has 3 atom stereocenters. The van der Waals surface area contributed by atoms with Crippen LogP contribution in [-0.2, 0) is 0 Å². The largest absolute Gasteiger partial charge is 0.396 e. The Morgan fingerprint density at radius 3 is 2.00 bits per heavy atom. The highest BCUT2D eigenvalue weighted by Gasteiger charge is 2.19. The summed E-state index contributed by atoms with van der Waals surface area (Å²) in [5.74, 6) is 1.29. The Hall–Kier alpha value is -0.0800. The van der Waals surface area contributed by atoms with Crippen molar-refractivity contribution >= 4 is 0 Å². The third-order valence-corrected chi connectivity index (χ3v) is 3.09. The van der Waals surface area contributed by atoms with E-state index in [1.165, 1.54) is 0 Å². The van der Waals surface area contributed by atoms with E-state index in [9.17, 15) is 5.11 Å². The molecule has 0 fully saturated rings. The highest BCUT2D eigenvalue weighted by molar-refractivity contribution is 4.70. The first-order valence-corrected chi connectivity index (χ1v) is 5.94. The van der Waals surface area contributed by atoms with Gasteiger partial charge in [0.15, 0.2) is 0 Å². The van der Waals surface area contributed by atoms with Crippen molar-refractivity contribution in [3.8, 4) is 0 Å². The maximum Gasteiger partial charge on any atom is 0.0514 e. The van der Waals surface area contributed by atoms with Crippen LogP contribution in [0.25, 0.3) is 0 Å². The summed E-state index contributed by atoms with van der Waals surface area (Å²) in [7, 11) is 0. The number of aliphatic hydroxyl groups excluding tert-OH is 2. The standard InChI is InChI=1S/C12H26O2/c1-4-11(7-6-8-13)12(5-2)9-10(3)14/h10-14H,4-9H2,1-3H3. The lowest BCUT2D eigenvalue weighted by molar-refractivity contribution is 0.129. The smallest absolute Gasteiger partial charge is 0.0514 e. The monoisotopic (exact) mass is 202 g/mol. The van der Waals surface area contributed by atoms with Gasteiger partial charge in [-0.3, -0.25) is 0 Å². The van der Waals surface area contributed by atoms with E-state index in [0.717, 1.165) is 32.1 Å². The van der Waals surface area contributed by atoms with Crippen molar-refractivity contribution in [2.45, 2.75) is 59.0 Å². The van der Waals surface area contributed by atoms with E-state index in [2.05, 4.69) is 13.8 Å². The highest BCUT2D eigenvalue weighted by atomic mass is 16.3. The minimum absolute atomic E-state index is 0.192. The second-order valence-electron chi connectivity index (χ2n) is 4.29. The predicted octanol–water partition coefficient (Wildman–Crippen LogP) is 2.58. The molecule has 0 aromatic rings. The van der Waals surface area contributed by atoms with E-state index in [-0.39, 0.29) is 6.10 Å². The van der Waals surface area contributed by atoms with Crippen molar-refractivity contribution in [3.05, 3.63) is 0 Å². The molecule has 0 aliphatic heterocycles. The van der Waals surface area contributed by atoms with E-state index in [0.29, 0.717) is 18.4 Å². The molecule has 0 rings (SSSR count). The van der Waals surface area contributed by atoms with Crippen LogP contribution < -0.4 is 0 Å². The van der Waals surface area contributed by atoms with Gasteiger partial charge in [-0.15, -0.1) is 0 Å². The molecule has 0 heterocycles. The average molecular weight is 202 g/mol. The lowest BCUT2D eigenvalue weighted by atomic mass is 9.81.